The molecule has 0 aliphatic heterocycles. The largest absolute Gasteiger partial charge is 0.493 e. The van der Waals surface area contributed by atoms with Gasteiger partial charge in [0.25, 0.3) is 0 Å². The number of amides is 1. The summed E-state index contributed by atoms with van der Waals surface area (Å²) in [6.45, 7) is 4.91. The Labute approximate surface area is 179 Å². The van der Waals surface area contributed by atoms with Crippen molar-refractivity contribution in [1.82, 2.24) is 14.8 Å². The molecule has 3 aromatic rings. The van der Waals surface area contributed by atoms with Crippen LogP contribution in [0.1, 0.15) is 13.8 Å². The lowest BCUT2D eigenvalue weighted by Gasteiger charge is -2.09. The van der Waals surface area contributed by atoms with Crippen molar-refractivity contribution in [3.63, 3.8) is 0 Å². The SMILES string of the molecule is CC(C)COc1ccc(-c2nnc(SCC(=O)Nc3ccc(Cl)cc3)n2C)cc1. The first-order chi connectivity index (χ1) is 13.9. The Kier molecular flexibility index (Phi) is 7.17. The summed E-state index contributed by atoms with van der Waals surface area (Å²) < 4.78 is 7.59. The molecule has 1 aromatic heterocycles. The Bertz CT molecular complexity index is 956. The van der Waals surface area contributed by atoms with Gasteiger partial charge in [0, 0.05) is 23.3 Å². The van der Waals surface area contributed by atoms with Gasteiger partial charge in [0.05, 0.1) is 12.4 Å². The van der Waals surface area contributed by atoms with E-state index in [0.717, 1.165) is 17.1 Å². The van der Waals surface area contributed by atoms with Crippen LogP contribution in [0.2, 0.25) is 5.02 Å². The molecule has 0 saturated heterocycles. The zero-order valence-electron chi connectivity index (χ0n) is 16.6. The molecule has 29 heavy (non-hydrogen) atoms. The van der Waals surface area contributed by atoms with Gasteiger partial charge in [-0.2, -0.15) is 0 Å². The van der Waals surface area contributed by atoms with E-state index in [1.165, 1.54) is 11.8 Å². The summed E-state index contributed by atoms with van der Waals surface area (Å²) in [6, 6.07) is 14.8. The van der Waals surface area contributed by atoms with Gasteiger partial charge in [-0.3, -0.25) is 4.79 Å². The molecule has 1 heterocycles. The molecule has 8 heteroatoms. The lowest BCUT2D eigenvalue weighted by molar-refractivity contribution is -0.113. The smallest absolute Gasteiger partial charge is 0.234 e. The van der Waals surface area contributed by atoms with Crippen molar-refractivity contribution in [2.45, 2.75) is 19.0 Å². The Morgan fingerprint density at radius 1 is 1.14 bits per heavy atom. The first-order valence-corrected chi connectivity index (χ1v) is 10.6. The topological polar surface area (TPSA) is 69.0 Å². The fraction of sp³-hybridized carbons (Fsp3) is 0.286. The van der Waals surface area contributed by atoms with Gasteiger partial charge < -0.3 is 14.6 Å². The number of aromatic nitrogens is 3. The predicted octanol–water partition coefficient (Wildman–Crippen LogP) is 4.90. The number of benzene rings is 2. The number of hydrogen-bond donors (Lipinski definition) is 1. The highest BCUT2D eigenvalue weighted by atomic mass is 35.5. The van der Waals surface area contributed by atoms with Crippen LogP contribution in [0.25, 0.3) is 11.4 Å². The maximum atomic E-state index is 12.2. The van der Waals surface area contributed by atoms with Crippen molar-refractivity contribution in [3.8, 4) is 17.1 Å². The third kappa shape index (κ3) is 5.98. The summed E-state index contributed by atoms with van der Waals surface area (Å²) >= 11 is 7.19. The monoisotopic (exact) mass is 430 g/mol. The van der Waals surface area contributed by atoms with Crippen LogP contribution in [0.5, 0.6) is 5.75 Å². The lowest BCUT2D eigenvalue weighted by Crippen LogP contribution is -2.14. The van der Waals surface area contributed by atoms with Crippen LogP contribution in [0.15, 0.2) is 53.7 Å². The molecule has 0 fully saturated rings. The Balaban J connectivity index is 1.58. The Morgan fingerprint density at radius 2 is 1.83 bits per heavy atom. The number of hydrogen-bond acceptors (Lipinski definition) is 5. The number of ether oxygens (including phenoxy) is 1. The average molecular weight is 431 g/mol. The van der Waals surface area contributed by atoms with E-state index in [2.05, 4.69) is 29.4 Å². The average Bonchev–Trinajstić information content (AvgIpc) is 3.07. The number of carbonyl (C=O) groups excluding carboxylic acids is 1. The van der Waals surface area contributed by atoms with Crippen molar-refractivity contribution in [2.75, 3.05) is 17.7 Å². The van der Waals surface area contributed by atoms with Crippen LogP contribution < -0.4 is 10.1 Å². The van der Waals surface area contributed by atoms with Crippen LogP contribution in [-0.2, 0) is 11.8 Å². The highest BCUT2D eigenvalue weighted by Gasteiger charge is 2.13. The molecule has 6 nitrogen and oxygen atoms in total. The lowest BCUT2D eigenvalue weighted by atomic mass is 10.2. The van der Waals surface area contributed by atoms with E-state index < -0.39 is 0 Å². The van der Waals surface area contributed by atoms with Gasteiger partial charge in [-0.1, -0.05) is 37.2 Å². The molecule has 2 aromatic carbocycles. The molecule has 152 valence electrons. The second-order valence-electron chi connectivity index (χ2n) is 6.94. The second kappa shape index (κ2) is 9.80. The highest BCUT2D eigenvalue weighted by Crippen LogP contribution is 2.25. The zero-order valence-corrected chi connectivity index (χ0v) is 18.1. The van der Waals surface area contributed by atoms with Gasteiger partial charge in [0.15, 0.2) is 11.0 Å². The first-order valence-electron chi connectivity index (χ1n) is 9.23. The van der Waals surface area contributed by atoms with Gasteiger partial charge in [0.2, 0.25) is 5.91 Å². The summed E-state index contributed by atoms with van der Waals surface area (Å²) in [4.78, 5) is 12.2. The third-order valence-electron chi connectivity index (χ3n) is 3.99. The maximum absolute atomic E-state index is 12.2. The van der Waals surface area contributed by atoms with E-state index in [4.69, 9.17) is 16.3 Å². The van der Waals surface area contributed by atoms with E-state index in [0.29, 0.717) is 28.4 Å². The van der Waals surface area contributed by atoms with Gasteiger partial charge in [-0.15, -0.1) is 10.2 Å². The number of nitrogens with one attached hydrogen (secondary N) is 1. The van der Waals surface area contributed by atoms with Gasteiger partial charge in [-0.05, 0) is 54.4 Å². The van der Waals surface area contributed by atoms with Gasteiger partial charge in [-0.25, -0.2) is 0 Å². The molecule has 0 aliphatic carbocycles. The quantitative estimate of drug-likeness (QED) is 0.514. The number of anilines is 1. The number of rotatable bonds is 8. The maximum Gasteiger partial charge on any atom is 0.234 e. The molecule has 0 unspecified atom stereocenters. The van der Waals surface area contributed by atoms with Crippen molar-refractivity contribution in [1.29, 1.82) is 0 Å². The van der Waals surface area contributed by atoms with E-state index in [-0.39, 0.29) is 11.7 Å². The molecule has 1 amide bonds. The minimum atomic E-state index is -0.117. The predicted molar refractivity (Wildman–Crippen MR) is 118 cm³/mol. The fourth-order valence-electron chi connectivity index (χ4n) is 2.52. The Hall–Kier alpha value is -2.51. The second-order valence-corrected chi connectivity index (χ2v) is 8.32. The van der Waals surface area contributed by atoms with Gasteiger partial charge in [0.1, 0.15) is 5.75 Å². The van der Waals surface area contributed by atoms with E-state index in [1.54, 1.807) is 24.3 Å². The fourth-order valence-corrected chi connectivity index (χ4v) is 3.35. The number of thioether (sulfide) groups is 1. The molecule has 0 spiro atoms. The summed E-state index contributed by atoms with van der Waals surface area (Å²) in [5.74, 6) is 2.16. The van der Waals surface area contributed by atoms with Crippen LogP contribution in [0.3, 0.4) is 0 Å². The first kappa shape index (κ1) is 21.2. The third-order valence-corrected chi connectivity index (χ3v) is 5.26. The number of nitrogens with zero attached hydrogens (tertiary/aromatic N) is 3. The minimum Gasteiger partial charge on any atom is -0.493 e. The minimum absolute atomic E-state index is 0.117. The highest BCUT2D eigenvalue weighted by molar-refractivity contribution is 7.99. The number of halogens is 1. The molecular formula is C21H23ClN4O2S. The Morgan fingerprint density at radius 3 is 2.48 bits per heavy atom. The van der Waals surface area contributed by atoms with Gasteiger partial charge >= 0.3 is 0 Å². The standard InChI is InChI=1S/C21H23ClN4O2S/c1-14(2)12-28-18-10-4-15(5-11-18)20-24-25-21(26(20)3)29-13-19(27)23-17-8-6-16(22)7-9-17/h4-11,14H,12-13H2,1-3H3,(H,23,27). The van der Waals surface area contributed by atoms with Crippen LogP contribution in [0.4, 0.5) is 5.69 Å². The normalized spacial score (nSPS) is 10.9. The van der Waals surface area contributed by atoms with Crippen molar-refractivity contribution >= 4 is 35.0 Å². The summed E-state index contributed by atoms with van der Waals surface area (Å²) in [5, 5.41) is 12.6. The van der Waals surface area contributed by atoms with Crippen LogP contribution >= 0.6 is 23.4 Å². The zero-order chi connectivity index (χ0) is 20.8. The van der Waals surface area contributed by atoms with Crippen molar-refractivity contribution in [2.24, 2.45) is 13.0 Å². The summed E-state index contributed by atoms with van der Waals surface area (Å²) in [7, 11) is 1.89. The van der Waals surface area contributed by atoms with E-state index in [9.17, 15) is 4.79 Å². The summed E-state index contributed by atoms with van der Waals surface area (Å²) in [5.41, 5.74) is 1.65. The molecular weight excluding hydrogens is 408 g/mol. The van der Waals surface area contributed by atoms with Crippen molar-refractivity contribution < 1.29 is 9.53 Å². The molecule has 1 N–H and O–H groups in total. The summed E-state index contributed by atoms with van der Waals surface area (Å²) in [6.07, 6.45) is 0. The number of carbonyl (C=O) groups is 1. The van der Waals surface area contributed by atoms with E-state index >= 15 is 0 Å². The van der Waals surface area contributed by atoms with Crippen molar-refractivity contribution in [3.05, 3.63) is 53.6 Å². The molecule has 0 bridgehead atoms. The molecule has 0 aliphatic rings. The van der Waals surface area contributed by atoms with Crippen LogP contribution in [0, 0.1) is 5.92 Å². The molecule has 0 saturated carbocycles. The van der Waals surface area contributed by atoms with E-state index in [1.807, 2.05) is 35.9 Å². The molecule has 0 atom stereocenters. The molecule has 3 rings (SSSR count). The van der Waals surface area contributed by atoms with Crippen LogP contribution in [-0.4, -0.2) is 33.0 Å². The molecule has 0 radical (unpaired) electrons.